The summed E-state index contributed by atoms with van der Waals surface area (Å²) in [5.41, 5.74) is 2.14. The van der Waals surface area contributed by atoms with Crippen molar-refractivity contribution in [1.29, 1.82) is 0 Å². The summed E-state index contributed by atoms with van der Waals surface area (Å²) in [4.78, 5) is 50.0. The van der Waals surface area contributed by atoms with Crippen LogP contribution < -0.4 is 24.8 Å². The van der Waals surface area contributed by atoms with Gasteiger partial charge in [-0.15, -0.1) is 0 Å². The number of halogens is 1. The molecule has 0 aliphatic carbocycles. The van der Waals surface area contributed by atoms with Crippen molar-refractivity contribution < 1.29 is 42.9 Å². The minimum atomic E-state index is -1.24. The molecular formula is C39H41FN2O8. The Balaban J connectivity index is 1.25. The molecule has 11 heteroatoms. The highest BCUT2D eigenvalue weighted by molar-refractivity contribution is 5.98. The largest absolute Gasteiger partial charge is 0.494 e. The number of unbranched alkanes of at least 4 members (excludes halogenated alkanes) is 4. The third kappa shape index (κ3) is 11.5. The molecule has 1 unspecified atom stereocenters. The quantitative estimate of drug-likeness (QED) is 0.0578. The summed E-state index contributed by atoms with van der Waals surface area (Å²) in [6.45, 7) is 2.80. The number of carboxylic acids is 1. The van der Waals surface area contributed by atoms with Gasteiger partial charge in [0.25, 0.3) is 5.91 Å². The fourth-order valence-corrected chi connectivity index (χ4v) is 5.03. The highest BCUT2D eigenvalue weighted by Crippen LogP contribution is 2.20. The number of carbonyl (C=O) groups excluding carboxylic acids is 3. The van der Waals surface area contributed by atoms with E-state index in [4.69, 9.17) is 14.2 Å². The molecule has 4 rings (SSSR count). The van der Waals surface area contributed by atoms with Gasteiger partial charge in [-0.1, -0.05) is 50.8 Å². The van der Waals surface area contributed by atoms with Crippen LogP contribution in [0, 0.1) is 5.82 Å². The van der Waals surface area contributed by atoms with E-state index in [1.807, 2.05) is 0 Å². The molecule has 0 spiro atoms. The number of esters is 1. The van der Waals surface area contributed by atoms with E-state index < -0.39 is 29.7 Å². The number of carbonyl (C=O) groups is 4. The zero-order valence-electron chi connectivity index (χ0n) is 28.1. The van der Waals surface area contributed by atoms with Crippen LogP contribution in [0.4, 0.5) is 10.1 Å². The molecule has 0 aliphatic heterocycles. The number of hydrogen-bond acceptors (Lipinski definition) is 7. The summed E-state index contributed by atoms with van der Waals surface area (Å²) >= 11 is 0. The third-order valence-corrected chi connectivity index (χ3v) is 7.79. The summed E-state index contributed by atoms with van der Waals surface area (Å²) in [6, 6.07) is 22.0. The molecule has 3 N–H and O–H groups in total. The van der Waals surface area contributed by atoms with Crippen LogP contribution in [0.25, 0.3) is 0 Å². The van der Waals surface area contributed by atoms with E-state index in [1.165, 1.54) is 68.8 Å². The first kappa shape index (κ1) is 37.1. The van der Waals surface area contributed by atoms with Crippen molar-refractivity contribution in [3.63, 3.8) is 0 Å². The van der Waals surface area contributed by atoms with E-state index in [1.54, 1.807) is 48.5 Å². The van der Waals surface area contributed by atoms with E-state index in [0.29, 0.717) is 34.7 Å². The van der Waals surface area contributed by atoms with E-state index in [-0.39, 0.29) is 35.8 Å². The standard InChI is InChI=1S/C39H41FN2O8/c1-3-4-5-6-7-22-49-31-19-13-29(14-20-31)39(47)50-32-17-8-26(9-18-32)23-34(38(45)46)42-37(44)28-11-15-30(16-12-28)41-36(43)25-27-10-21-33(40)35(24-27)48-2/h8-21,24,34H,3-7,22-23,25H2,1-2H3,(H,41,43)(H,42,44)(H,45,46). The average Bonchev–Trinajstić information content (AvgIpc) is 3.11. The second-order valence-electron chi connectivity index (χ2n) is 11.7. The van der Waals surface area contributed by atoms with Gasteiger partial charge in [0.15, 0.2) is 11.6 Å². The molecule has 0 fully saturated rings. The zero-order valence-corrected chi connectivity index (χ0v) is 28.1. The van der Waals surface area contributed by atoms with Gasteiger partial charge in [0.2, 0.25) is 5.91 Å². The first-order valence-electron chi connectivity index (χ1n) is 16.4. The summed E-state index contributed by atoms with van der Waals surface area (Å²) in [5.74, 6) is -2.25. The van der Waals surface area contributed by atoms with Crippen LogP contribution in [0.1, 0.15) is 70.9 Å². The second kappa shape index (κ2) is 18.7. The van der Waals surface area contributed by atoms with Gasteiger partial charge >= 0.3 is 11.9 Å². The molecule has 1 atom stereocenters. The zero-order chi connectivity index (χ0) is 35.9. The molecular weight excluding hydrogens is 643 g/mol. The Bertz CT molecular complexity index is 1740. The number of rotatable bonds is 18. The van der Waals surface area contributed by atoms with Crippen molar-refractivity contribution in [1.82, 2.24) is 5.32 Å². The molecule has 10 nitrogen and oxygen atoms in total. The molecule has 0 aliphatic rings. The number of nitrogens with one attached hydrogen (secondary N) is 2. The van der Waals surface area contributed by atoms with Gasteiger partial charge in [0.05, 0.1) is 25.7 Å². The monoisotopic (exact) mass is 684 g/mol. The Morgan fingerprint density at radius 2 is 1.42 bits per heavy atom. The molecule has 50 heavy (non-hydrogen) atoms. The number of ether oxygens (including phenoxy) is 3. The van der Waals surface area contributed by atoms with Gasteiger partial charge in [0, 0.05) is 17.7 Å². The number of anilines is 1. The molecule has 0 saturated heterocycles. The lowest BCUT2D eigenvalue weighted by Gasteiger charge is -2.15. The molecule has 0 bridgehead atoms. The lowest BCUT2D eigenvalue weighted by Crippen LogP contribution is -2.42. The fraction of sp³-hybridized carbons (Fsp3) is 0.282. The highest BCUT2D eigenvalue weighted by Gasteiger charge is 2.22. The maximum atomic E-state index is 13.6. The predicted octanol–water partition coefficient (Wildman–Crippen LogP) is 7.01. The van der Waals surface area contributed by atoms with Gasteiger partial charge in [-0.2, -0.15) is 0 Å². The minimum absolute atomic E-state index is 0.0162. The Kier molecular flexibility index (Phi) is 13.9. The summed E-state index contributed by atoms with van der Waals surface area (Å²) in [6.07, 6.45) is 5.68. The van der Waals surface area contributed by atoms with Crippen molar-refractivity contribution in [3.05, 3.63) is 119 Å². The van der Waals surface area contributed by atoms with Gasteiger partial charge in [0.1, 0.15) is 17.5 Å². The summed E-state index contributed by atoms with van der Waals surface area (Å²) < 4.78 is 29.8. The van der Waals surface area contributed by atoms with Crippen LogP contribution in [0.15, 0.2) is 91.0 Å². The fourth-order valence-electron chi connectivity index (χ4n) is 5.03. The number of amides is 2. The molecule has 0 aromatic heterocycles. The number of aliphatic carboxylic acids is 1. The molecule has 262 valence electrons. The van der Waals surface area contributed by atoms with E-state index in [2.05, 4.69) is 17.6 Å². The van der Waals surface area contributed by atoms with Crippen LogP contribution in [-0.4, -0.2) is 48.6 Å². The maximum absolute atomic E-state index is 13.6. The molecule has 0 radical (unpaired) electrons. The van der Waals surface area contributed by atoms with E-state index in [9.17, 15) is 28.7 Å². The van der Waals surface area contributed by atoms with Crippen molar-refractivity contribution in [2.45, 2.75) is 57.9 Å². The first-order valence-corrected chi connectivity index (χ1v) is 16.4. The maximum Gasteiger partial charge on any atom is 0.343 e. The molecule has 2 amide bonds. The normalized spacial score (nSPS) is 11.3. The van der Waals surface area contributed by atoms with E-state index >= 15 is 0 Å². The summed E-state index contributed by atoms with van der Waals surface area (Å²) in [7, 11) is 1.34. The third-order valence-electron chi connectivity index (χ3n) is 7.79. The lowest BCUT2D eigenvalue weighted by molar-refractivity contribution is -0.139. The van der Waals surface area contributed by atoms with Crippen LogP contribution in [0.2, 0.25) is 0 Å². The van der Waals surface area contributed by atoms with Crippen LogP contribution in [-0.2, 0) is 22.4 Å². The van der Waals surface area contributed by atoms with Gasteiger partial charge < -0.3 is 30.0 Å². The lowest BCUT2D eigenvalue weighted by atomic mass is 10.0. The van der Waals surface area contributed by atoms with Crippen LogP contribution in [0.3, 0.4) is 0 Å². The van der Waals surface area contributed by atoms with Gasteiger partial charge in [-0.25, -0.2) is 14.0 Å². The predicted molar refractivity (Wildman–Crippen MR) is 186 cm³/mol. The van der Waals surface area contributed by atoms with Crippen molar-refractivity contribution in [2.75, 3.05) is 19.0 Å². The molecule has 4 aromatic rings. The van der Waals surface area contributed by atoms with Crippen LogP contribution >= 0.6 is 0 Å². The van der Waals surface area contributed by atoms with E-state index in [0.717, 1.165) is 12.8 Å². The minimum Gasteiger partial charge on any atom is -0.494 e. The van der Waals surface area contributed by atoms with Crippen molar-refractivity contribution in [3.8, 4) is 17.2 Å². The Hall–Kier alpha value is -5.71. The topological polar surface area (TPSA) is 140 Å². The van der Waals surface area contributed by atoms with Crippen LogP contribution in [0.5, 0.6) is 17.2 Å². The number of carboxylic acid groups (broad SMARTS) is 1. The Labute approximate surface area is 290 Å². The number of benzene rings is 4. The smallest absolute Gasteiger partial charge is 0.343 e. The Morgan fingerprint density at radius 1 is 0.780 bits per heavy atom. The molecule has 4 aromatic carbocycles. The SMILES string of the molecule is CCCCCCCOc1ccc(C(=O)Oc2ccc(CC(NC(=O)c3ccc(NC(=O)Cc4ccc(F)c(OC)c4)cc3)C(=O)O)cc2)cc1. The van der Waals surface area contributed by atoms with Crippen molar-refractivity contribution in [2.24, 2.45) is 0 Å². The molecule has 0 heterocycles. The number of methoxy groups -OCH3 is 1. The summed E-state index contributed by atoms with van der Waals surface area (Å²) in [5, 5.41) is 15.0. The molecule has 0 saturated carbocycles. The second-order valence-corrected chi connectivity index (χ2v) is 11.7. The average molecular weight is 685 g/mol. The van der Waals surface area contributed by atoms with Gasteiger partial charge in [-0.05, 0) is 90.3 Å². The Morgan fingerprint density at radius 3 is 2.08 bits per heavy atom. The highest BCUT2D eigenvalue weighted by atomic mass is 19.1. The van der Waals surface area contributed by atoms with Gasteiger partial charge in [-0.3, -0.25) is 9.59 Å². The first-order chi connectivity index (χ1) is 24.1. The van der Waals surface area contributed by atoms with Crippen molar-refractivity contribution >= 4 is 29.4 Å². The number of hydrogen-bond donors (Lipinski definition) is 3.